The molecule has 2 heterocycles. The van der Waals surface area contributed by atoms with E-state index < -0.39 is 30.2 Å². The molecule has 2 aliphatic heterocycles. The van der Waals surface area contributed by atoms with Crippen LogP contribution < -0.4 is 23.7 Å². The average molecular weight is 567 g/mol. The Morgan fingerprint density at radius 3 is 2.34 bits per heavy atom. The first kappa shape index (κ1) is 28.4. The van der Waals surface area contributed by atoms with Gasteiger partial charge in [-0.1, -0.05) is 38.3 Å². The van der Waals surface area contributed by atoms with Gasteiger partial charge in [-0.15, -0.1) is 0 Å². The number of ether oxygens (including phenoxy) is 5. The summed E-state index contributed by atoms with van der Waals surface area (Å²) in [7, 11) is 1.43. The Morgan fingerprint density at radius 2 is 1.59 bits per heavy atom. The number of aliphatic hydroxyl groups is 2. The number of Topliss-reactive ketones (excluding diaryl/α,β-unsaturated/α-hetero) is 1. The highest BCUT2D eigenvalue weighted by Gasteiger charge is 2.40. The molecular formula is C31H34O10. The number of aliphatic hydroxyl groups excluding tert-OH is 2. The van der Waals surface area contributed by atoms with Crippen molar-refractivity contribution in [3.63, 3.8) is 0 Å². The monoisotopic (exact) mass is 566 g/mol. The summed E-state index contributed by atoms with van der Waals surface area (Å²) in [5.74, 6) is 0.355. The molecule has 0 amide bonds. The molecule has 0 bridgehead atoms. The van der Waals surface area contributed by atoms with E-state index >= 15 is 0 Å². The summed E-state index contributed by atoms with van der Waals surface area (Å²) in [5.41, 5.74) is 0.941. The SMILES string of the molecule is CCCCCCOc1cc(O)c2c(c1)O[C@H](c1ccc3c(c1)OC(c1ccc(O)c(OC)c1)C(CO)O3)[C@@H](O)C2=O. The van der Waals surface area contributed by atoms with E-state index in [2.05, 4.69) is 6.92 Å². The number of methoxy groups -OCH3 is 1. The minimum Gasteiger partial charge on any atom is -0.507 e. The van der Waals surface area contributed by atoms with E-state index in [4.69, 9.17) is 23.7 Å². The number of aromatic hydroxyl groups is 2. The van der Waals surface area contributed by atoms with Gasteiger partial charge in [0.05, 0.1) is 20.3 Å². The normalized spacial score (nSPS) is 21.1. The predicted molar refractivity (Wildman–Crippen MR) is 147 cm³/mol. The fourth-order valence-electron chi connectivity index (χ4n) is 5.07. The van der Waals surface area contributed by atoms with Crippen LogP contribution in [0.15, 0.2) is 48.5 Å². The first-order valence-corrected chi connectivity index (χ1v) is 13.7. The van der Waals surface area contributed by atoms with Crippen LogP contribution in [0, 0.1) is 0 Å². The molecule has 0 saturated heterocycles. The molecule has 10 heteroatoms. The molecular weight excluding hydrogens is 532 g/mol. The lowest BCUT2D eigenvalue weighted by molar-refractivity contribution is -0.0130. The highest BCUT2D eigenvalue weighted by molar-refractivity contribution is 6.05. The topological polar surface area (TPSA) is 144 Å². The largest absolute Gasteiger partial charge is 0.507 e. The van der Waals surface area contributed by atoms with Crippen molar-refractivity contribution in [3.8, 4) is 40.2 Å². The number of unbranched alkanes of at least 4 members (excludes halogenated alkanes) is 3. The fraction of sp³-hybridized carbons (Fsp3) is 0.387. The van der Waals surface area contributed by atoms with Crippen LogP contribution in [-0.2, 0) is 0 Å². The Hall–Kier alpha value is -4.15. The van der Waals surface area contributed by atoms with Gasteiger partial charge in [-0.2, -0.15) is 0 Å². The lowest BCUT2D eigenvalue weighted by Crippen LogP contribution is -2.37. The van der Waals surface area contributed by atoms with Crippen molar-refractivity contribution < 1.29 is 48.9 Å². The van der Waals surface area contributed by atoms with Crippen molar-refractivity contribution in [1.29, 1.82) is 0 Å². The molecule has 0 fully saturated rings. The van der Waals surface area contributed by atoms with Gasteiger partial charge in [-0.05, 0) is 36.2 Å². The number of hydrogen-bond donors (Lipinski definition) is 4. The number of phenolic OH excluding ortho intramolecular Hbond substituents is 2. The first-order chi connectivity index (χ1) is 19.8. The van der Waals surface area contributed by atoms with E-state index in [1.165, 1.54) is 19.2 Å². The van der Waals surface area contributed by atoms with Crippen LogP contribution >= 0.6 is 0 Å². The molecule has 218 valence electrons. The molecule has 41 heavy (non-hydrogen) atoms. The second-order valence-corrected chi connectivity index (χ2v) is 10.1. The van der Waals surface area contributed by atoms with E-state index in [1.807, 2.05) is 0 Å². The van der Waals surface area contributed by atoms with E-state index in [-0.39, 0.29) is 35.2 Å². The summed E-state index contributed by atoms with van der Waals surface area (Å²) < 4.78 is 29.3. The molecule has 3 aromatic carbocycles. The van der Waals surface area contributed by atoms with Gasteiger partial charge in [0.1, 0.15) is 22.8 Å². The minimum absolute atomic E-state index is 0.0410. The van der Waals surface area contributed by atoms with Crippen molar-refractivity contribution in [2.75, 3.05) is 20.3 Å². The Morgan fingerprint density at radius 1 is 0.829 bits per heavy atom. The number of rotatable bonds is 10. The molecule has 5 rings (SSSR count). The van der Waals surface area contributed by atoms with Gasteiger partial charge in [0.15, 0.2) is 47.4 Å². The maximum absolute atomic E-state index is 13.1. The summed E-state index contributed by atoms with van der Waals surface area (Å²) in [4.78, 5) is 13.1. The zero-order chi connectivity index (χ0) is 29.1. The number of carbonyl (C=O) groups excluding carboxylic acids is 1. The molecule has 0 saturated carbocycles. The molecule has 0 spiro atoms. The van der Waals surface area contributed by atoms with Crippen LogP contribution in [0.3, 0.4) is 0 Å². The van der Waals surface area contributed by atoms with E-state index in [0.717, 1.165) is 25.7 Å². The molecule has 3 aromatic rings. The maximum atomic E-state index is 13.1. The molecule has 0 aliphatic carbocycles. The van der Waals surface area contributed by atoms with Gasteiger partial charge in [0.2, 0.25) is 5.78 Å². The van der Waals surface area contributed by atoms with Crippen LogP contribution in [0.2, 0.25) is 0 Å². The summed E-state index contributed by atoms with van der Waals surface area (Å²) in [6.07, 6.45) is -0.0597. The summed E-state index contributed by atoms with van der Waals surface area (Å²) in [6, 6.07) is 12.5. The van der Waals surface area contributed by atoms with Crippen LogP contribution in [0.25, 0.3) is 0 Å². The van der Waals surface area contributed by atoms with Crippen molar-refractivity contribution >= 4 is 5.78 Å². The summed E-state index contributed by atoms with van der Waals surface area (Å²) in [6.45, 7) is 2.25. The van der Waals surface area contributed by atoms with Crippen LogP contribution in [0.1, 0.15) is 66.3 Å². The zero-order valence-corrected chi connectivity index (χ0v) is 22.9. The van der Waals surface area contributed by atoms with Crippen molar-refractivity contribution in [1.82, 2.24) is 0 Å². The lowest BCUT2D eigenvalue weighted by atomic mass is 9.92. The fourth-order valence-corrected chi connectivity index (χ4v) is 5.07. The van der Waals surface area contributed by atoms with Crippen molar-refractivity contribution in [3.05, 3.63) is 65.2 Å². The maximum Gasteiger partial charge on any atom is 0.202 e. The lowest BCUT2D eigenvalue weighted by Gasteiger charge is -2.35. The third-order valence-corrected chi connectivity index (χ3v) is 7.26. The number of fused-ring (bicyclic) bond motifs is 2. The van der Waals surface area contributed by atoms with Gasteiger partial charge in [-0.25, -0.2) is 0 Å². The Labute approximate surface area is 237 Å². The van der Waals surface area contributed by atoms with Gasteiger partial charge in [0.25, 0.3) is 0 Å². The smallest absolute Gasteiger partial charge is 0.202 e. The zero-order valence-electron chi connectivity index (χ0n) is 22.9. The highest BCUT2D eigenvalue weighted by Crippen LogP contribution is 2.46. The van der Waals surface area contributed by atoms with Gasteiger partial charge in [-0.3, -0.25) is 4.79 Å². The summed E-state index contributed by atoms with van der Waals surface area (Å²) in [5, 5.41) is 41.4. The van der Waals surface area contributed by atoms with Crippen LogP contribution in [-0.4, -0.2) is 58.7 Å². The molecule has 0 aromatic heterocycles. The molecule has 0 radical (unpaired) electrons. The third-order valence-electron chi connectivity index (χ3n) is 7.26. The number of benzene rings is 3. The molecule has 2 unspecified atom stereocenters. The predicted octanol–water partition coefficient (Wildman–Crippen LogP) is 4.62. The van der Waals surface area contributed by atoms with Crippen LogP contribution in [0.4, 0.5) is 0 Å². The van der Waals surface area contributed by atoms with Crippen molar-refractivity contribution in [2.24, 2.45) is 0 Å². The molecule has 4 N–H and O–H groups in total. The van der Waals surface area contributed by atoms with E-state index in [0.29, 0.717) is 35.0 Å². The van der Waals surface area contributed by atoms with Crippen molar-refractivity contribution in [2.45, 2.75) is 57.0 Å². The quantitative estimate of drug-likeness (QED) is 0.257. The second kappa shape index (κ2) is 12.2. The Bertz CT molecular complexity index is 1400. The Kier molecular flexibility index (Phi) is 8.41. The number of ketones is 1. The molecule has 10 nitrogen and oxygen atoms in total. The van der Waals surface area contributed by atoms with Crippen LogP contribution in [0.5, 0.6) is 40.2 Å². The number of carbonyl (C=O) groups is 1. The molecule has 2 aliphatic rings. The molecule has 4 atom stereocenters. The van der Waals surface area contributed by atoms with E-state index in [1.54, 1.807) is 36.4 Å². The highest BCUT2D eigenvalue weighted by atomic mass is 16.6. The second-order valence-electron chi connectivity index (χ2n) is 10.1. The van der Waals surface area contributed by atoms with Gasteiger partial charge >= 0.3 is 0 Å². The van der Waals surface area contributed by atoms with E-state index in [9.17, 15) is 25.2 Å². The third kappa shape index (κ3) is 5.71. The minimum atomic E-state index is -1.58. The van der Waals surface area contributed by atoms with Gasteiger partial charge < -0.3 is 44.1 Å². The van der Waals surface area contributed by atoms with Gasteiger partial charge in [0, 0.05) is 17.7 Å². The summed E-state index contributed by atoms with van der Waals surface area (Å²) >= 11 is 0. The standard InChI is InChI=1S/C31H34O10/c1-3-4-5-6-11-38-19-14-21(34)27-25(15-19)41-31(29(36)28(27)35)18-8-10-22-24(13-18)40-30(26(16-32)39-22)17-7-9-20(33)23(12-17)37-2/h7-10,12-15,26,29-34,36H,3-6,11,16H2,1-2H3/t26?,29-,30?,31+/m0/s1. The first-order valence-electron chi connectivity index (χ1n) is 13.7. The number of hydrogen-bond acceptors (Lipinski definition) is 10. The number of phenols is 2. The average Bonchev–Trinajstić information content (AvgIpc) is 2.98. The Balaban J connectivity index is 1.40.